The lowest BCUT2D eigenvalue weighted by Gasteiger charge is -2.35. The summed E-state index contributed by atoms with van der Waals surface area (Å²) in [5, 5.41) is 17.4. The second-order valence-electron chi connectivity index (χ2n) is 6.56. The minimum atomic E-state index is -3.78. The fourth-order valence-electron chi connectivity index (χ4n) is 3.19. The number of aromatic nitrogens is 4. The summed E-state index contributed by atoms with van der Waals surface area (Å²) in [6.45, 7) is 2.44. The average molecular weight is 401 g/mol. The molecule has 2 aromatic heterocycles. The largest absolute Gasteiger partial charge is 0.352 e. The van der Waals surface area contributed by atoms with Crippen molar-refractivity contribution < 1.29 is 13.2 Å². The van der Waals surface area contributed by atoms with Crippen LogP contribution in [0.2, 0.25) is 0 Å². The van der Waals surface area contributed by atoms with E-state index in [1.54, 1.807) is 27.9 Å². The number of nitrogens with zero attached hydrogens (tertiary/aromatic N) is 6. The molecule has 10 nitrogen and oxygen atoms in total. The van der Waals surface area contributed by atoms with Crippen molar-refractivity contribution in [2.24, 2.45) is 5.14 Å². The highest BCUT2D eigenvalue weighted by atomic mass is 32.2. The van der Waals surface area contributed by atoms with Crippen LogP contribution in [-0.4, -0.2) is 65.2 Å². The van der Waals surface area contributed by atoms with Crippen LogP contribution in [0.4, 0.5) is 5.82 Å². The third-order valence-electron chi connectivity index (χ3n) is 4.69. The number of hydrogen-bond donors (Lipinski definition) is 1. The zero-order valence-corrected chi connectivity index (χ0v) is 15.8. The maximum Gasteiger partial charge on any atom is 0.238 e. The molecule has 0 atom stereocenters. The van der Waals surface area contributed by atoms with Gasteiger partial charge in [0.05, 0.1) is 11.3 Å². The fourth-order valence-corrected chi connectivity index (χ4v) is 3.77. The predicted molar refractivity (Wildman–Crippen MR) is 101 cm³/mol. The van der Waals surface area contributed by atoms with Gasteiger partial charge in [0.25, 0.3) is 0 Å². The molecule has 1 saturated heterocycles. The molecule has 0 bridgehead atoms. The Morgan fingerprint density at radius 1 is 1.11 bits per heavy atom. The van der Waals surface area contributed by atoms with Gasteiger partial charge < -0.3 is 9.80 Å². The van der Waals surface area contributed by atoms with Crippen molar-refractivity contribution in [3.8, 4) is 0 Å². The van der Waals surface area contributed by atoms with Crippen LogP contribution in [0.3, 0.4) is 0 Å². The normalized spacial score (nSPS) is 15.2. The lowest BCUT2D eigenvalue weighted by Crippen LogP contribution is -2.49. The van der Waals surface area contributed by atoms with Crippen LogP contribution >= 0.6 is 0 Å². The van der Waals surface area contributed by atoms with E-state index in [0.29, 0.717) is 37.4 Å². The molecule has 0 radical (unpaired) electrons. The maximum absolute atomic E-state index is 12.6. The van der Waals surface area contributed by atoms with E-state index >= 15 is 0 Å². The fraction of sp³-hybridized carbons (Fsp3) is 0.294. The molecule has 1 fully saturated rings. The summed E-state index contributed by atoms with van der Waals surface area (Å²) in [5.41, 5.74) is 1.30. The van der Waals surface area contributed by atoms with E-state index in [0.717, 1.165) is 5.82 Å². The first-order chi connectivity index (χ1) is 13.4. The number of hydrogen-bond acceptors (Lipinski definition) is 7. The van der Waals surface area contributed by atoms with Gasteiger partial charge in [0.1, 0.15) is 12.1 Å². The molecule has 1 aliphatic rings. The summed E-state index contributed by atoms with van der Waals surface area (Å²) in [6.07, 6.45) is 1.68. The van der Waals surface area contributed by atoms with E-state index in [1.165, 1.54) is 12.1 Å². The Balaban J connectivity index is 1.39. The van der Waals surface area contributed by atoms with Crippen LogP contribution < -0.4 is 10.0 Å². The van der Waals surface area contributed by atoms with Crippen molar-refractivity contribution in [1.82, 2.24) is 24.7 Å². The minimum absolute atomic E-state index is 0.0121. The van der Waals surface area contributed by atoms with Gasteiger partial charge in [-0.3, -0.25) is 4.79 Å². The second kappa shape index (κ2) is 7.17. The molecule has 3 aromatic rings. The van der Waals surface area contributed by atoms with E-state index < -0.39 is 10.0 Å². The molecule has 11 heteroatoms. The Bertz CT molecular complexity index is 1120. The Morgan fingerprint density at radius 3 is 2.64 bits per heavy atom. The summed E-state index contributed by atoms with van der Waals surface area (Å²) < 4.78 is 24.6. The van der Waals surface area contributed by atoms with Gasteiger partial charge in [-0.2, -0.15) is 4.52 Å². The highest BCUT2D eigenvalue weighted by Gasteiger charge is 2.22. The van der Waals surface area contributed by atoms with Gasteiger partial charge in [-0.25, -0.2) is 13.6 Å². The van der Waals surface area contributed by atoms with E-state index in [1.807, 2.05) is 12.1 Å². The molecule has 0 unspecified atom stereocenters. The molecule has 1 aromatic carbocycles. The lowest BCUT2D eigenvalue weighted by molar-refractivity contribution is -0.130. The van der Waals surface area contributed by atoms with Crippen LogP contribution in [0.1, 0.15) is 5.56 Å². The third-order valence-corrected chi connectivity index (χ3v) is 5.60. The van der Waals surface area contributed by atoms with Crippen LogP contribution in [0.15, 0.2) is 47.6 Å². The Morgan fingerprint density at radius 2 is 1.89 bits per heavy atom. The molecule has 1 amide bonds. The number of amides is 1. The highest BCUT2D eigenvalue weighted by Crippen LogP contribution is 2.16. The average Bonchev–Trinajstić information content (AvgIpc) is 3.15. The lowest BCUT2D eigenvalue weighted by atomic mass is 10.1. The topological polar surface area (TPSA) is 127 Å². The number of nitrogens with two attached hydrogens (primary N) is 1. The first kappa shape index (κ1) is 18.3. The van der Waals surface area contributed by atoms with Crippen molar-refractivity contribution in [2.75, 3.05) is 31.1 Å². The van der Waals surface area contributed by atoms with Crippen molar-refractivity contribution in [3.63, 3.8) is 0 Å². The number of rotatable bonds is 4. The Kier molecular flexibility index (Phi) is 4.69. The van der Waals surface area contributed by atoms with Crippen molar-refractivity contribution in [3.05, 3.63) is 48.3 Å². The molecule has 3 heterocycles. The van der Waals surface area contributed by atoms with Crippen LogP contribution in [0.25, 0.3) is 5.65 Å². The first-order valence-electron chi connectivity index (χ1n) is 8.72. The molecule has 1 aliphatic heterocycles. The van der Waals surface area contributed by atoms with Gasteiger partial charge in [0, 0.05) is 26.2 Å². The van der Waals surface area contributed by atoms with E-state index in [-0.39, 0.29) is 17.2 Å². The molecule has 0 aliphatic carbocycles. The van der Waals surface area contributed by atoms with Crippen LogP contribution in [0, 0.1) is 0 Å². The highest BCUT2D eigenvalue weighted by molar-refractivity contribution is 7.89. The molecule has 4 rings (SSSR count). The monoisotopic (exact) mass is 401 g/mol. The molecular weight excluding hydrogens is 382 g/mol. The zero-order chi connectivity index (χ0) is 19.7. The molecular formula is C17H19N7O3S. The van der Waals surface area contributed by atoms with Gasteiger partial charge in [-0.15, -0.1) is 15.3 Å². The van der Waals surface area contributed by atoms with E-state index in [2.05, 4.69) is 20.2 Å². The number of sulfonamides is 1. The standard InChI is InChI=1S/C17H19N7O3S/c18-28(26,27)14-3-1-2-13(10-14)11-17(25)23-8-6-22(7-9-23)16-5-4-15-20-19-12-24(15)21-16/h1-5,10,12H,6-9,11H2,(H2,18,26,27). The summed E-state index contributed by atoms with van der Waals surface area (Å²) in [4.78, 5) is 16.5. The van der Waals surface area contributed by atoms with Gasteiger partial charge in [-0.05, 0) is 29.8 Å². The number of benzene rings is 1. The van der Waals surface area contributed by atoms with Gasteiger partial charge in [0.15, 0.2) is 5.65 Å². The van der Waals surface area contributed by atoms with Crippen LogP contribution in [-0.2, 0) is 21.2 Å². The first-order valence-corrected chi connectivity index (χ1v) is 10.3. The second-order valence-corrected chi connectivity index (χ2v) is 8.12. The van der Waals surface area contributed by atoms with Crippen LogP contribution in [0.5, 0.6) is 0 Å². The molecule has 0 spiro atoms. The molecule has 146 valence electrons. The number of carbonyl (C=O) groups excluding carboxylic acids is 1. The van der Waals surface area contributed by atoms with Crippen molar-refractivity contribution in [2.45, 2.75) is 11.3 Å². The Hall–Kier alpha value is -3.05. The summed E-state index contributed by atoms with van der Waals surface area (Å²) in [6, 6.07) is 9.92. The Labute approximate surface area is 161 Å². The number of anilines is 1. The van der Waals surface area contributed by atoms with Gasteiger partial charge >= 0.3 is 0 Å². The summed E-state index contributed by atoms with van der Waals surface area (Å²) in [5.74, 6) is 0.758. The summed E-state index contributed by atoms with van der Waals surface area (Å²) >= 11 is 0. The van der Waals surface area contributed by atoms with E-state index in [9.17, 15) is 13.2 Å². The minimum Gasteiger partial charge on any atom is -0.352 e. The van der Waals surface area contributed by atoms with Gasteiger partial charge in [0.2, 0.25) is 15.9 Å². The number of piperazine rings is 1. The molecule has 0 saturated carbocycles. The number of primary sulfonamides is 1. The summed E-state index contributed by atoms with van der Waals surface area (Å²) in [7, 11) is -3.78. The quantitative estimate of drug-likeness (QED) is 0.634. The van der Waals surface area contributed by atoms with Crippen molar-refractivity contribution >= 4 is 27.4 Å². The predicted octanol–water partition coefficient (Wildman–Crippen LogP) is -0.337. The third kappa shape index (κ3) is 3.80. The zero-order valence-electron chi connectivity index (χ0n) is 15.0. The van der Waals surface area contributed by atoms with Crippen molar-refractivity contribution in [1.29, 1.82) is 0 Å². The smallest absolute Gasteiger partial charge is 0.238 e. The van der Waals surface area contributed by atoms with E-state index in [4.69, 9.17) is 5.14 Å². The molecule has 2 N–H and O–H groups in total. The SMILES string of the molecule is NS(=O)(=O)c1cccc(CC(=O)N2CCN(c3ccc4nncn4n3)CC2)c1. The number of fused-ring (bicyclic) bond motifs is 1. The molecule has 28 heavy (non-hydrogen) atoms. The number of carbonyl (C=O) groups is 1. The van der Waals surface area contributed by atoms with Gasteiger partial charge in [-0.1, -0.05) is 12.1 Å². The maximum atomic E-state index is 12.6.